The molecule has 0 aliphatic heterocycles. The molecule has 2 aliphatic rings. The summed E-state index contributed by atoms with van der Waals surface area (Å²) in [7, 11) is 0. The standard InChI is InChI=1S/C22H40/c1-7-9-19-10-8-15-22(6)20(13-14-21(19)22)18(5)12-11-17(4)16(2)3/h9,16-18,20-21H,7-8,10-15H2,1-6H3/b19-9+/t17-,18+,20?,21?,22?/m0/s1. The van der Waals surface area contributed by atoms with Gasteiger partial charge in [0.25, 0.3) is 0 Å². The lowest BCUT2D eigenvalue weighted by atomic mass is 9.60. The van der Waals surface area contributed by atoms with E-state index in [4.69, 9.17) is 0 Å². The van der Waals surface area contributed by atoms with E-state index in [2.05, 4.69) is 47.6 Å². The van der Waals surface area contributed by atoms with Crippen LogP contribution < -0.4 is 0 Å². The second-order valence-electron chi connectivity index (χ2n) is 9.06. The molecule has 128 valence electrons. The van der Waals surface area contributed by atoms with Gasteiger partial charge in [0.15, 0.2) is 0 Å². The Balaban J connectivity index is 2.02. The summed E-state index contributed by atoms with van der Waals surface area (Å²) in [6, 6.07) is 0. The second kappa shape index (κ2) is 7.54. The third kappa shape index (κ3) is 3.62. The monoisotopic (exact) mass is 304 g/mol. The minimum absolute atomic E-state index is 0.611. The molecule has 2 saturated carbocycles. The van der Waals surface area contributed by atoms with Gasteiger partial charge in [0, 0.05) is 0 Å². The molecular formula is C22H40. The fourth-order valence-corrected chi connectivity index (χ4v) is 5.58. The maximum Gasteiger partial charge on any atom is -0.0146 e. The topological polar surface area (TPSA) is 0 Å². The minimum Gasteiger partial charge on any atom is -0.0853 e. The molecule has 2 rings (SSSR count). The van der Waals surface area contributed by atoms with Crippen molar-refractivity contribution < 1.29 is 0 Å². The molecule has 0 heterocycles. The van der Waals surface area contributed by atoms with Crippen molar-refractivity contribution in [2.75, 3.05) is 0 Å². The largest absolute Gasteiger partial charge is 0.0853 e. The van der Waals surface area contributed by atoms with E-state index in [-0.39, 0.29) is 0 Å². The number of hydrogen-bond acceptors (Lipinski definition) is 0. The van der Waals surface area contributed by atoms with Gasteiger partial charge in [-0.05, 0) is 73.5 Å². The Labute approximate surface area is 140 Å². The van der Waals surface area contributed by atoms with Crippen molar-refractivity contribution in [3.8, 4) is 0 Å². The van der Waals surface area contributed by atoms with Gasteiger partial charge in [-0.2, -0.15) is 0 Å². The van der Waals surface area contributed by atoms with Crippen LogP contribution in [0.1, 0.15) is 92.9 Å². The quantitative estimate of drug-likeness (QED) is 0.453. The Morgan fingerprint density at radius 3 is 2.50 bits per heavy atom. The lowest BCUT2D eigenvalue weighted by molar-refractivity contribution is 0.0905. The summed E-state index contributed by atoms with van der Waals surface area (Å²) < 4.78 is 0. The molecule has 0 heteroatoms. The van der Waals surface area contributed by atoms with Gasteiger partial charge < -0.3 is 0 Å². The summed E-state index contributed by atoms with van der Waals surface area (Å²) in [5.74, 6) is 4.52. The Bertz CT molecular complexity index is 377. The predicted molar refractivity (Wildman–Crippen MR) is 98.9 cm³/mol. The Morgan fingerprint density at radius 2 is 1.86 bits per heavy atom. The van der Waals surface area contributed by atoms with E-state index in [9.17, 15) is 0 Å². The summed E-state index contributed by atoms with van der Waals surface area (Å²) in [5, 5.41) is 0. The molecule has 0 aromatic heterocycles. The smallest absolute Gasteiger partial charge is 0.0146 e. The predicted octanol–water partition coefficient (Wildman–Crippen LogP) is 7.25. The molecule has 22 heavy (non-hydrogen) atoms. The van der Waals surface area contributed by atoms with Crippen LogP contribution >= 0.6 is 0 Å². The summed E-state index contributed by atoms with van der Waals surface area (Å²) in [5.41, 5.74) is 2.43. The third-order valence-electron chi connectivity index (χ3n) is 7.41. The summed E-state index contributed by atoms with van der Waals surface area (Å²) in [6.07, 6.45) is 13.9. The molecular weight excluding hydrogens is 264 g/mol. The van der Waals surface area contributed by atoms with E-state index < -0.39 is 0 Å². The molecule has 2 aliphatic carbocycles. The molecule has 0 aromatic rings. The maximum atomic E-state index is 2.64. The molecule has 0 aromatic carbocycles. The van der Waals surface area contributed by atoms with E-state index in [1.54, 1.807) is 0 Å². The minimum atomic E-state index is 0.611. The molecule has 0 N–H and O–H groups in total. The maximum absolute atomic E-state index is 2.64. The average molecular weight is 305 g/mol. The fraction of sp³-hybridized carbons (Fsp3) is 0.909. The third-order valence-corrected chi connectivity index (χ3v) is 7.41. The van der Waals surface area contributed by atoms with Crippen molar-refractivity contribution in [3.63, 3.8) is 0 Å². The fourth-order valence-electron chi connectivity index (χ4n) is 5.58. The van der Waals surface area contributed by atoms with Crippen molar-refractivity contribution in [1.82, 2.24) is 0 Å². The van der Waals surface area contributed by atoms with Gasteiger partial charge in [-0.1, -0.05) is 66.0 Å². The molecule has 0 nitrogen and oxygen atoms in total. The molecule has 0 spiro atoms. The van der Waals surface area contributed by atoms with Gasteiger partial charge in [-0.3, -0.25) is 0 Å². The first-order valence-electron chi connectivity index (χ1n) is 10.1. The average Bonchev–Trinajstić information content (AvgIpc) is 2.82. The highest BCUT2D eigenvalue weighted by molar-refractivity contribution is 5.18. The lowest BCUT2D eigenvalue weighted by Crippen LogP contribution is -2.36. The van der Waals surface area contributed by atoms with Crippen LogP contribution in [0, 0.1) is 35.0 Å². The van der Waals surface area contributed by atoms with Crippen LogP contribution in [-0.2, 0) is 0 Å². The lowest BCUT2D eigenvalue weighted by Gasteiger charge is -2.44. The van der Waals surface area contributed by atoms with Gasteiger partial charge in [0.05, 0.1) is 0 Å². The molecule has 2 fully saturated rings. The summed E-state index contributed by atoms with van der Waals surface area (Å²) in [4.78, 5) is 0. The van der Waals surface area contributed by atoms with Crippen molar-refractivity contribution in [2.24, 2.45) is 35.0 Å². The summed E-state index contributed by atoms with van der Waals surface area (Å²) >= 11 is 0. The Hall–Kier alpha value is -0.260. The van der Waals surface area contributed by atoms with Crippen LogP contribution in [0.4, 0.5) is 0 Å². The van der Waals surface area contributed by atoms with E-state index in [1.165, 1.54) is 51.4 Å². The van der Waals surface area contributed by atoms with Crippen LogP contribution in [-0.4, -0.2) is 0 Å². The van der Waals surface area contributed by atoms with Crippen molar-refractivity contribution >= 4 is 0 Å². The highest BCUT2D eigenvalue weighted by Crippen LogP contribution is 2.59. The Kier molecular flexibility index (Phi) is 6.20. The van der Waals surface area contributed by atoms with E-state index >= 15 is 0 Å². The van der Waals surface area contributed by atoms with Crippen molar-refractivity contribution in [3.05, 3.63) is 11.6 Å². The molecule has 0 bridgehead atoms. The first kappa shape index (κ1) is 18.1. The molecule has 0 saturated heterocycles. The first-order valence-corrected chi connectivity index (χ1v) is 10.1. The zero-order valence-electron chi connectivity index (χ0n) is 16.1. The van der Waals surface area contributed by atoms with Crippen molar-refractivity contribution in [2.45, 2.75) is 92.9 Å². The SMILES string of the molecule is CC/C=C1\CCCC2(C)C1CCC2[C@H](C)CC[C@H](C)C(C)C. The molecule has 0 amide bonds. The number of allylic oxidation sites excluding steroid dienone is 2. The van der Waals surface area contributed by atoms with E-state index in [0.717, 1.165) is 29.6 Å². The van der Waals surface area contributed by atoms with Crippen LogP contribution in [0.25, 0.3) is 0 Å². The number of hydrogen-bond donors (Lipinski definition) is 0. The van der Waals surface area contributed by atoms with Crippen molar-refractivity contribution in [1.29, 1.82) is 0 Å². The Morgan fingerprint density at radius 1 is 1.14 bits per heavy atom. The van der Waals surface area contributed by atoms with E-state index in [0.29, 0.717) is 5.41 Å². The molecule has 3 unspecified atom stereocenters. The number of fused-ring (bicyclic) bond motifs is 1. The number of rotatable bonds is 6. The van der Waals surface area contributed by atoms with Crippen LogP contribution in [0.5, 0.6) is 0 Å². The first-order chi connectivity index (χ1) is 10.4. The highest BCUT2D eigenvalue weighted by atomic mass is 14.5. The van der Waals surface area contributed by atoms with Gasteiger partial charge in [-0.15, -0.1) is 0 Å². The second-order valence-corrected chi connectivity index (χ2v) is 9.06. The van der Waals surface area contributed by atoms with Gasteiger partial charge in [0.2, 0.25) is 0 Å². The zero-order valence-corrected chi connectivity index (χ0v) is 16.1. The molecule has 5 atom stereocenters. The summed E-state index contributed by atoms with van der Waals surface area (Å²) in [6.45, 7) is 14.7. The van der Waals surface area contributed by atoms with Crippen LogP contribution in [0.2, 0.25) is 0 Å². The zero-order chi connectivity index (χ0) is 16.3. The van der Waals surface area contributed by atoms with Gasteiger partial charge >= 0.3 is 0 Å². The van der Waals surface area contributed by atoms with E-state index in [1.807, 2.05) is 5.57 Å². The van der Waals surface area contributed by atoms with Crippen LogP contribution in [0.3, 0.4) is 0 Å². The van der Waals surface area contributed by atoms with Gasteiger partial charge in [-0.25, -0.2) is 0 Å². The molecule has 0 radical (unpaired) electrons. The van der Waals surface area contributed by atoms with Crippen LogP contribution in [0.15, 0.2) is 11.6 Å². The highest BCUT2D eigenvalue weighted by Gasteiger charge is 2.50. The van der Waals surface area contributed by atoms with Gasteiger partial charge in [0.1, 0.15) is 0 Å². The normalized spacial score (nSPS) is 36.6.